The van der Waals surface area contributed by atoms with E-state index in [-0.39, 0.29) is 6.42 Å². The number of carboxylic acid groups (broad SMARTS) is 1. The van der Waals surface area contributed by atoms with Gasteiger partial charge in [0.1, 0.15) is 17.0 Å². The average Bonchev–Trinajstić information content (AvgIpc) is 3.09. The lowest BCUT2D eigenvalue weighted by Gasteiger charge is -2.08. The minimum Gasteiger partial charge on any atom is -0.481 e. The fourth-order valence-corrected chi connectivity index (χ4v) is 3.84. The molecular weight excluding hydrogens is 346 g/mol. The molecule has 0 unspecified atom stereocenters. The zero-order valence-electron chi connectivity index (χ0n) is 14.9. The zero-order chi connectivity index (χ0) is 18.4. The quantitative estimate of drug-likeness (QED) is 0.520. The molecule has 0 aliphatic heterocycles. The van der Waals surface area contributed by atoms with E-state index in [1.54, 1.807) is 17.7 Å². The summed E-state index contributed by atoms with van der Waals surface area (Å²) in [4.78, 5) is 20.4. The van der Waals surface area contributed by atoms with Gasteiger partial charge in [0.05, 0.1) is 5.39 Å². The van der Waals surface area contributed by atoms with Crippen molar-refractivity contribution in [3.05, 3.63) is 41.5 Å². The maximum Gasteiger partial charge on any atom is 0.303 e. The number of unbranched alkanes of at least 4 members (excludes halogenated alkanes) is 2. The number of carboxylic acids is 1. The number of hydrogen-bond acceptors (Lipinski definition) is 5. The number of fused-ring (bicyclic) bond motifs is 1. The second-order valence-corrected chi connectivity index (χ2v) is 7.09. The molecule has 2 aromatic heterocycles. The monoisotopic (exact) mass is 369 g/mol. The van der Waals surface area contributed by atoms with E-state index in [0.717, 1.165) is 47.4 Å². The van der Waals surface area contributed by atoms with Gasteiger partial charge in [-0.05, 0) is 30.4 Å². The van der Waals surface area contributed by atoms with Crippen molar-refractivity contribution in [2.24, 2.45) is 0 Å². The van der Waals surface area contributed by atoms with Crippen LogP contribution in [0.1, 0.15) is 38.2 Å². The summed E-state index contributed by atoms with van der Waals surface area (Å²) >= 11 is 1.63. The highest BCUT2D eigenvalue weighted by atomic mass is 32.1. The Labute approximate surface area is 157 Å². The lowest BCUT2D eigenvalue weighted by molar-refractivity contribution is -0.137. The van der Waals surface area contributed by atoms with Gasteiger partial charge in [-0.3, -0.25) is 4.79 Å². The van der Waals surface area contributed by atoms with Crippen molar-refractivity contribution in [1.29, 1.82) is 0 Å². The van der Waals surface area contributed by atoms with Crippen LogP contribution in [0.2, 0.25) is 0 Å². The molecule has 0 saturated carbocycles. The predicted octanol–water partition coefficient (Wildman–Crippen LogP) is 4.98. The van der Waals surface area contributed by atoms with Crippen molar-refractivity contribution in [3.63, 3.8) is 0 Å². The largest absolute Gasteiger partial charge is 0.481 e. The fraction of sp³-hybridized carbons (Fsp3) is 0.350. The van der Waals surface area contributed by atoms with Gasteiger partial charge in [-0.1, -0.05) is 37.6 Å². The van der Waals surface area contributed by atoms with Gasteiger partial charge in [-0.2, -0.15) is 0 Å². The Balaban J connectivity index is 1.74. The molecule has 0 atom stereocenters. The Bertz CT molecular complexity index is 874. The van der Waals surface area contributed by atoms with Crippen LogP contribution in [0.5, 0.6) is 0 Å². The molecule has 0 aliphatic carbocycles. The third kappa shape index (κ3) is 4.38. The summed E-state index contributed by atoms with van der Waals surface area (Å²) in [6, 6.07) is 8.64. The Morgan fingerprint density at radius 2 is 1.96 bits per heavy atom. The molecule has 2 heterocycles. The van der Waals surface area contributed by atoms with Gasteiger partial charge in [0, 0.05) is 23.9 Å². The van der Waals surface area contributed by atoms with Crippen LogP contribution in [-0.4, -0.2) is 27.6 Å². The van der Waals surface area contributed by atoms with Crippen molar-refractivity contribution in [3.8, 4) is 11.1 Å². The summed E-state index contributed by atoms with van der Waals surface area (Å²) in [6.45, 7) is 2.93. The third-order valence-corrected chi connectivity index (χ3v) is 5.29. The van der Waals surface area contributed by atoms with Crippen LogP contribution in [0.15, 0.2) is 36.0 Å². The molecule has 0 aliphatic rings. The van der Waals surface area contributed by atoms with Gasteiger partial charge in [0.15, 0.2) is 0 Å². The minimum atomic E-state index is -0.729. The van der Waals surface area contributed by atoms with Gasteiger partial charge in [0.2, 0.25) is 0 Å². The van der Waals surface area contributed by atoms with Crippen LogP contribution >= 0.6 is 11.3 Å². The number of aryl methyl sites for hydroxylation is 1. The van der Waals surface area contributed by atoms with E-state index in [1.807, 2.05) is 0 Å². The van der Waals surface area contributed by atoms with E-state index in [4.69, 9.17) is 5.11 Å². The van der Waals surface area contributed by atoms with Crippen molar-refractivity contribution in [2.75, 3.05) is 11.9 Å². The number of rotatable bonds is 9. The summed E-state index contributed by atoms with van der Waals surface area (Å²) in [5.41, 5.74) is 3.65. The molecule has 0 radical (unpaired) electrons. The number of thiophene rings is 1. The van der Waals surface area contributed by atoms with E-state index in [9.17, 15) is 4.79 Å². The van der Waals surface area contributed by atoms with Crippen molar-refractivity contribution in [1.82, 2.24) is 9.97 Å². The maximum absolute atomic E-state index is 10.6. The standard InChI is InChI=1S/C20H23N3O2S/c1-2-14-7-9-15(10-8-14)16-12-26-20-18(16)19(22-13-23-20)21-11-5-3-4-6-17(24)25/h7-10,12-13H,2-6,11H2,1H3,(H,24,25)(H,21,22,23). The summed E-state index contributed by atoms with van der Waals surface area (Å²) in [5, 5.41) is 15.3. The molecule has 0 amide bonds. The van der Waals surface area contributed by atoms with E-state index >= 15 is 0 Å². The first kappa shape index (κ1) is 18.3. The lowest BCUT2D eigenvalue weighted by atomic mass is 10.0. The van der Waals surface area contributed by atoms with Crippen molar-refractivity contribution >= 4 is 33.3 Å². The minimum absolute atomic E-state index is 0.236. The van der Waals surface area contributed by atoms with Crippen LogP contribution in [0.4, 0.5) is 5.82 Å². The molecule has 1 aromatic carbocycles. The van der Waals surface area contributed by atoms with Crippen LogP contribution in [0.3, 0.4) is 0 Å². The molecule has 136 valence electrons. The van der Waals surface area contributed by atoms with Crippen LogP contribution in [0, 0.1) is 0 Å². The predicted molar refractivity (Wildman–Crippen MR) is 107 cm³/mol. The molecule has 26 heavy (non-hydrogen) atoms. The Morgan fingerprint density at radius 1 is 1.15 bits per heavy atom. The van der Waals surface area contributed by atoms with E-state index in [1.165, 1.54) is 11.1 Å². The first-order valence-electron chi connectivity index (χ1n) is 8.96. The molecule has 0 bridgehead atoms. The van der Waals surface area contributed by atoms with Gasteiger partial charge >= 0.3 is 5.97 Å². The summed E-state index contributed by atoms with van der Waals surface area (Å²) in [7, 11) is 0. The highest BCUT2D eigenvalue weighted by molar-refractivity contribution is 7.17. The number of benzene rings is 1. The van der Waals surface area contributed by atoms with Gasteiger partial charge in [-0.15, -0.1) is 11.3 Å². The fourth-order valence-electron chi connectivity index (χ4n) is 2.93. The number of anilines is 1. The number of nitrogens with zero attached hydrogens (tertiary/aromatic N) is 2. The number of carbonyl (C=O) groups is 1. The van der Waals surface area contributed by atoms with Crippen LogP contribution < -0.4 is 5.32 Å². The van der Waals surface area contributed by atoms with Crippen molar-refractivity contribution < 1.29 is 9.90 Å². The molecule has 3 rings (SSSR count). The van der Waals surface area contributed by atoms with E-state index < -0.39 is 5.97 Å². The highest BCUT2D eigenvalue weighted by Crippen LogP contribution is 2.36. The Morgan fingerprint density at radius 3 is 2.69 bits per heavy atom. The Hall–Kier alpha value is -2.47. The van der Waals surface area contributed by atoms with Gasteiger partial charge < -0.3 is 10.4 Å². The SMILES string of the molecule is CCc1ccc(-c2csc3ncnc(NCCCCCC(=O)O)c23)cc1. The Kier molecular flexibility index (Phi) is 6.17. The molecule has 6 heteroatoms. The van der Waals surface area contributed by atoms with E-state index in [0.29, 0.717) is 6.42 Å². The second kappa shape index (κ2) is 8.76. The molecule has 3 aromatic rings. The molecular formula is C20H23N3O2S. The summed E-state index contributed by atoms with van der Waals surface area (Å²) in [6.07, 6.45) is 5.38. The summed E-state index contributed by atoms with van der Waals surface area (Å²) in [5.74, 6) is 0.122. The second-order valence-electron chi connectivity index (χ2n) is 6.23. The lowest BCUT2D eigenvalue weighted by Crippen LogP contribution is -2.04. The maximum atomic E-state index is 10.6. The molecule has 0 saturated heterocycles. The smallest absolute Gasteiger partial charge is 0.303 e. The molecule has 0 fully saturated rings. The molecule has 5 nitrogen and oxygen atoms in total. The topological polar surface area (TPSA) is 75.1 Å². The number of aliphatic carboxylic acids is 1. The van der Waals surface area contributed by atoms with Gasteiger partial charge in [-0.25, -0.2) is 9.97 Å². The van der Waals surface area contributed by atoms with Crippen LogP contribution in [0.25, 0.3) is 21.3 Å². The third-order valence-electron chi connectivity index (χ3n) is 4.40. The number of aromatic nitrogens is 2. The van der Waals surface area contributed by atoms with Gasteiger partial charge in [0.25, 0.3) is 0 Å². The van der Waals surface area contributed by atoms with Crippen LogP contribution in [-0.2, 0) is 11.2 Å². The molecule has 0 spiro atoms. The molecule has 2 N–H and O–H groups in total. The average molecular weight is 369 g/mol. The number of hydrogen-bond donors (Lipinski definition) is 2. The zero-order valence-corrected chi connectivity index (χ0v) is 15.7. The first-order chi connectivity index (χ1) is 12.7. The van der Waals surface area contributed by atoms with E-state index in [2.05, 4.69) is 51.9 Å². The van der Waals surface area contributed by atoms with Crippen molar-refractivity contribution in [2.45, 2.75) is 39.0 Å². The first-order valence-corrected chi connectivity index (χ1v) is 9.84. The summed E-state index contributed by atoms with van der Waals surface area (Å²) < 4.78 is 0. The number of nitrogens with one attached hydrogen (secondary N) is 1. The normalized spacial score (nSPS) is 11.0. The highest BCUT2D eigenvalue weighted by Gasteiger charge is 2.12.